The van der Waals surface area contributed by atoms with Gasteiger partial charge in [0.25, 0.3) is 0 Å². The Morgan fingerprint density at radius 1 is 1.38 bits per heavy atom. The molecule has 0 saturated carbocycles. The van der Waals surface area contributed by atoms with E-state index in [1.807, 2.05) is 47.0 Å². The number of aliphatic hydroxyl groups is 1. The quantitative estimate of drug-likeness (QED) is 0.862. The van der Waals surface area contributed by atoms with Crippen molar-refractivity contribution in [2.24, 2.45) is 13.0 Å². The van der Waals surface area contributed by atoms with Gasteiger partial charge in [0, 0.05) is 39.0 Å². The van der Waals surface area contributed by atoms with E-state index in [2.05, 4.69) is 4.98 Å². The highest BCUT2D eigenvalue weighted by Gasteiger charge is 2.29. The Balaban J connectivity index is 1.48. The maximum atomic E-state index is 12.5. The number of aryl methyl sites for hydroxylation is 2. The molecule has 1 amide bonds. The van der Waals surface area contributed by atoms with E-state index < -0.39 is 6.10 Å². The van der Waals surface area contributed by atoms with Gasteiger partial charge in [-0.3, -0.25) is 4.79 Å². The summed E-state index contributed by atoms with van der Waals surface area (Å²) in [6, 6.07) is 7.85. The molecule has 0 radical (unpaired) electrons. The van der Waals surface area contributed by atoms with Crippen molar-refractivity contribution in [2.45, 2.75) is 31.8 Å². The molecule has 140 valence electrons. The van der Waals surface area contributed by atoms with Crippen molar-refractivity contribution in [3.05, 3.63) is 48.0 Å². The zero-order valence-corrected chi connectivity index (χ0v) is 15.5. The third-order valence-corrected chi connectivity index (χ3v) is 5.22. The van der Waals surface area contributed by atoms with Crippen LogP contribution in [0.1, 0.15) is 36.8 Å². The van der Waals surface area contributed by atoms with Gasteiger partial charge in [-0.05, 0) is 42.9 Å². The summed E-state index contributed by atoms with van der Waals surface area (Å²) in [5.74, 6) is 1.85. The molecule has 0 bridgehead atoms. The summed E-state index contributed by atoms with van der Waals surface area (Å²) < 4.78 is 7.08. The molecule has 2 heterocycles. The number of carbonyl (C=O) groups excluding carboxylic acids is 1. The largest absolute Gasteiger partial charge is 0.497 e. The summed E-state index contributed by atoms with van der Waals surface area (Å²) in [5.41, 5.74) is 1.11. The summed E-state index contributed by atoms with van der Waals surface area (Å²) in [6.45, 7) is 1.40. The van der Waals surface area contributed by atoms with Crippen LogP contribution in [0.15, 0.2) is 36.7 Å². The Morgan fingerprint density at radius 2 is 2.15 bits per heavy atom. The van der Waals surface area contributed by atoms with Gasteiger partial charge in [-0.1, -0.05) is 12.1 Å². The monoisotopic (exact) mass is 357 g/mol. The lowest BCUT2D eigenvalue weighted by Gasteiger charge is -2.34. The zero-order chi connectivity index (χ0) is 18.5. The Bertz CT molecular complexity index is 735. The van der Waals surface area contributed by atoms with E-state index in [4.69, 9.17) is 4.74 Å². The minimum atomic E-state index is -0.566. The number of benzene rings is 1. The number of likely N-dealkylation sites (tertiary alicyclic amines) is 1. The maximum Gasteiger partial charge on any atom is 0.222 e. The number of piperidine rings is 1. The molecular formula is C20H27N3O3. The number of rotatable bonds is 6. The minimum Gasteiger partial charge on any atom is -0.497 e. The van der Waals surface area contributed by atoms with Gasteiger partial charge in [0.15, 0.2) is 0 Å². The topological polar surface area (TPSA) is 67.6 Å². The predicted octanol–water partition coefficient (Wildman–Crippen LogP) is 2.33. The maximum absolute atomic E-state index is 12.5. The molecule has 1 aliphatic heterocycles. The first-order valence-corrected chi connectivity index (χ1v) is 9.14. The zero-order valence-electron chi connectivity index (χ0n) is 15.5. The summed E-state index contributed by atoms with van der Waals surface area (Å²) in [5, 5.41) is 10.5. The number of aliphatic hydroxyl groups excluding tert-OH is 1. The summed E-state index contributed by atoms with van der Waals surface area (Å²) >= 11 is 0. The summed E-state index contributed by atoms with van der Waals surface area (Å²) in [6.07, 6.45) is 5.80. The number of amides is 1. The number of ether oxygens (including phenoxy) is 1. The molecule has 1 unspecified atom stereocenters. The molecule has 1 aromatic carbocycles. The van der Waals surface area contributed by atoms with Crippen molar-refractivity contribution in [3.8, 4) is 5.75 Å². The van der Waals surface area contributed by atoms with E-state index in [9.17, 15) is 9.90 Å². The normalized spacial score (nSPS) is 16.5. The molecule has 6 heteroatoms. The molecule has 1 fully saturated rings. The lowest BCUT2D eigenvalue weighted by Crippen LogP contribution is -2.40. The van der Waals surface area contributed by atoms with Crippen LogP contribution in [0.3, 0.4) is 0 Å². The number of carbonyl (C=O) groups is 1. The molecule has 1 aliphatic rings. The standard InChI is InChI=1S/C20H27N3O3/c1-22-13-10-21-20(22)19(25)16-8-11-23(12-9-16)18(24)7-6-15-4-3-5-17(14-15)26-2/h3-5,10,13-14,16,19,25H,6-9,11-12H2,1-2H3. The number of imidazole rings is 1. The first-order chi connectivity index (χ1) is 12.6. The Morgan fingerprint density at radius 3 is 2.81 bits per heavy atom. The fraction of sp³-hybridized carbons (Fsp3) is 0.500. The molecule has 2 aromatic rings. The van der Waals surface area contributed by atoms with Gasteiger partial charge in [-0.2, -0.15) is 0 Å². The van der Waals surface area contributed by atoms with Crippen molar-refractivity contribution in [3.63, 3.8) is 0 Å². The van der Waals surface area contributed by atoms with Crippen molar-refractivity contribution >= 4 is 5.91 Å². The van der Waals surface area contributed by atoms with Crippen molar-refractivity contribution in [2.75, 3.05) is 20.2 Å². The number of aromatic nitrogens is 2. The highest BCUT2D eigenvalue weighted by molar-refractivity contribution is 5.76. The fourth-order valence-electron chi connectivity index (χ4n) is 3.57. The fourth-order valence-corrected chi connectivity index (χ4v) is 3.57. The van der Waals surface area contributed by atoms with Gasteiger partial charge in [-0.25, -0.2) is 4.98 Å². The first-order valence-electron chi connectivity index (χ1n) is 9.14. The molecule has 3 rings (SSSR count). The number of hydrogen-bond acceptors (Lipinski definition) is 4. The van der Waals surface area contributed by atoms with E-state index in [-0.39, 0.29) is 11.8 Å². The summed E-state index contributed by atoms with van der Waals surface area (Å²) in [7, 11) is 3.54. The third kappa shape index (κ3) is 4.25. The van der Waals surface area contributed by atoms with Crippen LogP contribution in [0, 0.1) is 5.92 Å². The van der Waals surface area contributed by atoms with E-state index in [0.717, 1.165) is 24.2 Å². The lowest BCUT2D eigenvalue weighted by atomic mass is 9.90. The van der Waals surface area contributed by atoms with E-state index in [1.54, 1.807) is 13.3 Å². The van der Waals surface area contributed by atoms with Crippen LogP contribution in [0.25, 0.3) is 0 Å². The molecule has 0 spiro atoms. The van der Waals surface area contributed by atoms with Gasteiger partial charge in [0.05, 0.1) is 7.11 Å². The lowest BCUT2D eigenvalue weighted by molar-refractivity contribution is -0.133. The van der Waals surface area contributed by atoms with Crippen molar-refractivity contribution in [1.82, 2.24) is 14.5 Å². The SMILES string of the molecule is COc1cccc(CCC(=O)N2CCC(C(O)c3nccn3C)CC2)c1. The third-order valence-electron chi connectivity index (χ3n) is 5.22. The van der Waals surface area contributed by atoms with Crippen LogP contribution < -0.4 is 4.74 Å². The van der Waals surface area contributed by atoms with Gasteiger partial charge >= 0.3 is 0 Å². The smallest absolute Gasteiger partial charge is 0.222 e. The number of hydrogen-bond donors (Lipinski definition) is 1. The van der Waals surface area contributed by atoms with Crippen LogP contribution in [0.5, 0.6) is 5.75 Å². The molecule has 1 N–H and O–H groups in total. The van der Waals surface area contributed by atoms with Crippen LogP contribution in [-0.2, 0) is 18.3 Å². The molecule has 0 aliphatic carbocycles. The molecule has 1 saturated heterocycles. The second-order valence-electron chi connectivity index (χ2n) is 6.91. The van der Waals surface area contributed by atoms with Crippen molar-refractivity contribution in [1.29, 1.82) is 0 Å². The highest BCUT2D eigenvalue weighted by atomic mass is 16.5. The number of methoxy groups -OCH3 is 1. The first kappa shape index (κ1) is 18.5. The average molecular weight is 357 g/mol. The van der Waals surface area contributed by atoms with Gasteiger partial charge < -0.3 is 19.3 Å². The van der Waals surface area contributed by atoms with Gasteiger partial charge in [-0.15, -0.1) is 0 Å². The Kier molecular flexibility index (Phi) is 5.93. The number of nitrogens with zero attached hydrogens (tertiary/aromatic N) is 3. The van der Waals surface area contributed by atoms with E-state index >= 15 is 0 Å². The van der Waals surface area contributed by atoms with Gasteiger partial charge in [0.1, 0.15) is 17.7 Å². The van der Waals surface area contributed by atoms with Crippen LogP contribution in [-0.4, -0.2) is 45.7 Å². The van der Waals surface area contributed by atoms with Crippen molar-refractivity contribution < 1.29 is 14.6 Å². The minimum absolute atomic E-state index is 0.151. The Hall–Kier alpha value is -2.34. The molecule has 1 atom stereocenters. The van der Waals surface area contributed by atoms with E-state index in [0.29, 0.717) is 31.8 Å². The van der Waals surface area contributed by atoms with Crippen LogP contribution in [0.4, 0.5) is 0 Å². The molecule has 1 aromatic heterocycles. The van der Waals surface area contributed by atoms with Gasteiger partial charge in [0.2, 0.25) is 5.91 Å². The molecular weight excluding hydrogens is 330 g/mol. The average Bonchev–Trinajstić information content (AvgIpc) is 3.11. The second-order valence-corrected chi connectivity index (χ2v) is 6.91. The molecule has 26 heavy (non-hydrogen) atoms. The van der Waals surface area contributed by atoms with Crippen LogP contribution in [0.2, 0.25) is 0 Å². The van der Waals surface area contributed by atoms with E-state index in [1.165, 1.54) is 0 Å². The predicted molar refractivity (Wildman–Crippen MR) is 98.8 cm³/mol. The Labute approximate surface area is 154 Å². The summed E-state index contributed by atoms with van der Waals surface area (Å²) in [4.78, 5) is 18.7. The highest BCUT2D eigenvalue weighted by Crippen LogP contribution is 2.30. The molecule has 6 nitrogen and oxygen atoms in total. The van der Waals surface area contributed by atoms with Crippen LogP contribution >= 0.6 is 0 Å². The second kappa shape index (κ2) is 8.36.